The first kappa shape index (κ1) is 41.2. The molecule has 0 aliphatic heterocycles. The summed E-state index contributed by atoms with van der Waals surface area (Å²) in [5.74, 6) is 0.185. The van der Waals surface area contributed by atoms with Gasteiger partial charge in [0.1, 0.15) is 17.3 Å². The number of hydrogen-bond donors (Lipinski definition) is 1. The maximum Gasteiger partial charge on any atom is 0.298 e. The Hall–Kier alpha value is -4.95. The molecule has 0 saturated carbocycles. The molecule has 2 heterocycles. The first-order chi connectivity index (χ1) is 26.2. The lowest BCUT2D eigenvalue weighted by Gasteiger charge is -2.12. The van der Waals surface area contributed by atoms with Gasteiger partial charge in [-0.25, -0.2) is 18.2 Å². The summed E-state index contributed by atoms with van der Waals surface area (Å²) in [5, 5.41) is 7.96. The van der Waals surface area contributed by atoms with Gasteiger partial charge in [-0.05, 0) is 97.6 Å². The first-order valence-electron chi connectivity index (χ1n) is 16.7. The van der Waals surface area contributed by atoms with E-state index >= 15 is 0 Å². The molecule has 6 aromatic rings. The Labute approximate surface area is 335 Å². The molecule has 0 fully saturated rings. The van der Waals surface area contributed by atoms with E-state index < -0.39 is 23.8 Å². The zero-order valence-corrected chi connectivity index (χ0v) is 33.3. The van der Waals surface area contributed by atoms with Crippen LogP contribution in [0.25, 0.3) is 11.1 Å². The summed E-state index contributed by atoms with van der Waals surface area (Å²) in [6, 6.07) is 20.1. The van der Waals surface area contributed by atoms with Crippen LogP contribution < -0.4 is 10.1 Å². The van der Waals surface area contributed by atoms with Gasteiger partial charge in [0.15, 0.2) is 5.82 Å². The average Bonchev–Trinajstić information content (AvgIpc) is 3.78. The number of amides is 1. The van der Waals surface area contributed by atoms with Crippen LogP contribution in [-0.4, -0.2) is 49.9 Å². The fourth-order valence-corrected chi connectivity index (χ4v) is 6.04. The van der Waals surface area contributed by atoms with Gasteiger partial charge >= 0.3 is 0 Å². The topological polar surface area (TPSA) is 97.5 Å². The molecule has 1 amide bonds. The van der Waals surface area contributed by atoms with Gasteiger partial charge in [0, 0.05) is 61.1 Å². The molecule has 0 aliphatic carbocycles. The molecule has 0 radical (unpaired) electrons. The van der Waals surface area contributed by atoms with E-state index in [1.165, 1.54) is 49.0 Å². The lowest BCUT2D eigenvalue weighted by Crippen LogP contribution is -2.14. The zero-order valence-electron chi connectivity index (χ0n) is 30.3. The van der Waals surface area contributed by atoms with Crippen LogP contribution in [0.2, 0.25) is 15.1 Å². The molecular weight excluding hydrogens is 794 g/mol. The van der Waals surface area contributed by atoms with E-state index in [4.69, 9.17) is 39.5 Å². The maximum atomic E-state index is 13.8. The van der Waals surface area contributed by atoms with Crippen LogP contribution in [-0.2, 0) is 13.5 Å². The van der Waals surface area contributed by atoms with E-state index in [0.717, 1.165) is 56.3 Å². The number of aromatic nitrogens is 4. The predicted molar refractivity (Wildman–Crippen MR) is 215 cm³/mol. The molecule has 1 N–H and O–H groups in total. The van der Waals surface area contributed by atoms with E-state index in [1.807, 2.05) is 68.5 Å². The highest BCUT2D eigenvalue weighted by molar-refractivity contribution is 7.07. The van der Waals surface area contributed by atoms with Crippen molar-refractivity contribution in [3.8, 4) is 22.1 Å². The highest BCUT2D eigenvalue weighted by atomic mass is 35.5. The molecule has 0 aliphatic rings. The third-order valence-corrected chi connectivity index (χ3v) is 9.70. The number of carbonyl (C=O) groups is 1. The van der Waals surface area contributed by atoms with Gasteiger partial charge in [0.25, 0.3) is 17.5 Å². The molecule has 0 spiro atoms. The Morgan fingerprint density at radius 3 is 2.45 bits per heavy atom. The zero-order chi connectivity index (χ0) is 39.8. The summed E-state index contributed by atoms with van der Waals surface area (Å²) >= 11 is 19.1. The second-order valence-electron chi connectivity index (χ2n) is 12.3. The summed E-state index contributed by atoms with van der Waals surface area (Å²) in [6.07, 6.45) is 0.776. The van der Waals surface area contributed by atoms with Crippen LogP contribution in [0.4, 0.5) is 24.5 Å². The van der Waals surface area contributed by atoms with Crippen molar-refractivity contribution in [3.63, 3.8) is 0 Å². The first-order valence-corrected chi connectivity index (χ1v) is 18.6. The molecule has 4 aromatic carbocycles. The molecule has 0 unspecified atom stereocenters. The molecule has 286 valence electrons. The van der Waals surface area contributed by atoms with Crippen molar-refractivity contribution in [1.29, 1.82) is 0 Å². The molecule has 16 heteroatoms. The van der Waals surface area contributed by atoms with Crippen molar-refractivity contribution in [1.82, 2.24) is 24.0 Å². The largest absolute Gasteiger partial charge is 0.430 e. The molecule has 9 nitrogen and oxygen atoms in total. The lowest BCUT2D eigenvalue weighted by atomic mass is 10.0. The van der Waals surface area contributed by atoms with Crippen LogP contribution >= 0.6 is 46.3 Å². The third-order valence-electron chi connectivity index (χ3n) is 8.08. The highest BCUT2D eigenvalue weighted by Gasteiger charge is 2.23. The van der Waals surface area contributed by atoms with Crippen LogP contribution in [0.15, 0.2) is 84.0 Å². The quantitative estimate of drug-likeness (QED) is 0.103. The minimum atomic E-state index is -2.91. The van der Waals surface area contributed by atoms with E-state index in [-0.39, 0.29) is 16.3 Å². The van der Waals surface area contributed by atoms with Crippen molar-refractivity contribution in [2.75, 3.05) is 18.9 Å². The number of alkyl halides is 2. The summed E-state index contributed by atoms with van der Waals surface area (Å²) in [7, 11) is 3.43. The van der Waals surface area contributed by atoms with E-state index in [2.05, 4.69) is 31.7 Å². The highest BCUT2D eigenvalue weighted by Crippen LogP contribution is 2.35. The standard InChI is InChI=1S/C21H23ClN4OS.C18H12Cl2F3N3O/c1-5-26(4)13-23-18-10-15(3)19(11-14(18)2)27-21-24-20(25-28-21)12-16-6-8-17(22)9-7-16;1-26-8-12(16(25-26)17(22)23)18(27)24-15-5-3-10(21)7-11(15)9-2-4-13(19)14(20)6-9/h6-11,13H,5,12H2,1-4H3;2-8,17H,1H3,(H,24,27). The molecule has 55 heavy (non-hydrogen) atoms. The van der Waals surface area contributed by atoms with Gasteiger partial charge in [-0.15, -0.1) is 0 Å². The smallest absolute Gasteiger partial charge is 0.298 e. The van der Waals surface area contributed by atoms with Gasteiger partial charge in [0.2, 0.25) is 0 Å². The number of anilines is 1. The number of nitrogens with one attached hydrogen (secondary N) is 1. The number of halogens is 6. The fourth-order valence-electron chi connectivity index (χ4n) is 5.06. The lowest BCUT2D eigenvalue weighted by molar-refractivity contribution is 0.101. The summed E-state index contributed by atoms with van der Waals surface area (Å²) in [4.78, 5) is 23.6. The van der Waals surface area contributed by atoms with Gasteiger partial charge in [-0.3, -0.25) is 9.48 Å². The Morgan fingerprint density at radius 1 is 1.02 bits per heavy atom. The Bertz CT molecular complexity index is 2320. The predicted octanol–water partition coefficient (Wildman–Crippen LogP) is 11.5. The molecule has 0 atom stereocenters. The van der Waals surface area contributed by atoms with Gasteiger partial charge in [-0.2, -0.15) is 14.5 Å². The van der Waals surface area contributed by atoms with Crippen LogP contribution in [0.3, 0.4) is 0 Å². The van der Waals surface area contributed by atoms with Gasteiger partial charge in [-0.1, -0.05) is 53.0 Å². The number of benzene rings is 4. The molecule has 0 bridgehead atoms. The van der Waals surface area contributed by atoms with Gasteiger partial charge < -0.3 is 15.0 Å². The second-order valence-corrected chi connectivity index (χ2v) is 14.2. The van der Waals surface area contributed by atoms with Crippen molar-refractivity contribution < 1.29 is 22.7 Å². The monoisotopic (exact) mass is 827 g/mol. The Morgan fingerprint density at radius 2 is 1.76 bits per heavy atom. The minimum absolute atomic E-state index is 0.226. The molecule has 0 saturated heterocycles. The van der Waals surface area contributed by atoms with E-state index in [9.17, 15) is 18.0 Å². The normalized spacial score (nSPS) is 11.1. The van der Waals surface area contributed by atoms with Crippen LogP contribution in [0, 0.1) is 19.7 Å². The number of aryl methyl sites for hydroxylation is 3. The van der Waals surface area contributed by atoms with Gasteiger partial charge in [0.05, 0.1) is 27.6 Å². The molecule has 6 rings (SSSR count). The number of nitrogens with zero attached hydrogens (tertiary/aromatic N) is 6. The maximum absolute atomic E-state index is 13.8. The van der Waals surface area contributed by atoms with E-state index in [0.29, 0.717) is 27.8 Å². The number of ether oxygens (including phenoxy) is 1. The Balaban J connectivity index is 0.000000211. The number of carbonyl (C=O) groups excluding carboxylic acids is 1. The molecule has 2 aromatic heterocycles. The average molecular weight is 829 g/mol. The van der Waals surface area contributed by atoms with Crippen molar-refractivity contribution in [2.45, 2.75) is 33.6 Å². The number of hydrogen-bond acceptors (Lipinski definition) is 7. The number of rotatable bonds is 11. The van der Waals surface area contributed by atoms with Crippen molar-refractivity contribution in [3.05, 3.63) is 134 Å². The SMILES string of the molecule is CCN(C)C=Nc1cc(C)c(Oc2nc(Cc3ccc(Cl)cc3)ns2)cc1C.Cn1cc(C(=O)Nc2ccc(F)cc2-c2ccc(Cl)c(Cl)c2)c(C(F)F)n1. The second kappa shape index (κ2) is 18.6. The fraction of sp³-hybridized carbons (Fsp3) is 0.205. The van der Waals surface area contributed by atoms with Crippen LogP contribution in [0.5, 0.6) is 10.9 Å². The minimum Gasteiger partial charge on any atom is -0.430 e. The Kier molecular flexibility index (Phi) is 13.9. The summed E-state index contributed by atoms with van der Waals surface area (Å²) in [6.45, 7) is 7.03. The number of aliphatic imine (C=N–C) groups is 1. The third kappa shape index (κ3) is 11.1. The van der Waals surface area contributed by atoms with Crippen LogP contribution in [0.1, 0.15) is 51.9 Å². The van der Waals surface area contributed by atoms with E-state index in [1.54, 1.807) is 6.07 Å². The van der Waals surface area contributed by atoms with Crippen molar-refractivity contribution >= 4 is 70.0 Å². The summed E-state index contributed by atoms with van der Waals surface area (Å²) in [5.41, 5.74) is 4.25. The summed E-state index contributed by atoms with van der Waals surface area (Å²) < 4.78 is 51.5. The van der Waals surface area contributed by atoms with Crippen molar-refractivity contribution in [2.24, 2.45) is 12.0 Å². The molecular formula is C39H35Cl3F3N7O2S.